The Labute approximate surface area is 108 Å². The Bertz CT molecular complexity index is 404. The molecule has 0 saturated heterocycles. The van der Waals surface area contributed by atoms with Gasteiger partial charge in [0.1, 0.15) is 11.6 Å². The van der Waals surface area contributed by atoms with Crippen LogP contribution in [0, 0.1) is 40.9 Å². The van der Waals surface area contributed by atoms with Crippen molar-refractivity contribution in [2.75, 3.05) is 7.05 Å². The summed E-state index contributed by atoms with van der Waals surface area (Å²) in [6.07, 6.45) is 8.69. The average Bonchev–Trinajstić information content (AvgIpc) is 2.36. The fraction of sp³-hybridized carbons (Fsp3) is 0.733. The molecule has 0 aromatic heterocycles. The number of likely N-dealkylation sites (N-methyl/N-ethyl adjacent to an activating group) is 1. The highest BCUT2D eigenvalue weighted by atomic mass is 16.1. The van der Waals surface area contributed by atoms with E-state index in [1.54, 1.807) is 7.05 Å². The van der Waals surface area contributed by atoms with E-state index in [4.69, 9.17) is 5.26 Å². The normalized spacial score (nSPS) is 41.6. The molecule has 4 bridgehead atoms. The molecule has 4 aliphatic carbocycles. The van der Waals surface area contributed by atoms with Crippen LogP contribution in [0.15, 0.2) is 11.6 Å². The van der Waals surface area contributed by atoms with Crippen molar-refractivity contribution in [1.29, 1.82) is 5.26 Å². The summed E-state index contributed by atoms with van der Waals surface area (Å²) in [6.45, 7) is 0. The molecule has 0 spiro atoms. The summed E-state index contributed by atoms with van der Waals surface area (Å²) in [5.74, 6) is 3.57. The van der Waals surface area contributed by atoms with Gasteiger partial charge in [-0.2, -0.15) is 5.26 Å². The van der Waals surface area contributed by atoms with E-state index in [1.165, 1.54) is 32.1 Å². The molecule has 0 unspecified atom stereocenters. The van der Waals surface area contributed by atoms with Crippen molar-refractivity contribution in [1.82, 2.24) is 5.32 Å². The number of nitrogens with zero attached hydrogens (tertiary/aromatic N) is 1. The Balaban J connectivity index is 1.83. The van der Waals surface area contributed by atoms with Crippen LogP contribution in [-0.4, -0.2) is 13.0 Å². The van der Waals surface area contributed by atoms with Gasteiger partial charge in [0, 0.05) is 7.05 Å². The molecule has 0 aliphatic heterocycles. The molecule has 3 heteroatoms. The van der Waals surface area contributed by atoms with Gasteiger partial charge in [-0.1, -0.05) is 6.08 Å². The first-order valence-corrected chi connectivity index (χ1v) is 7.05. The van der Waals surface area contributed by atoms with Crippen LogP contribution in [0.25, 0.3) is 0 Å². The average molecular weight is 244 g/mol. The largest absolute Gasteiger partial charge is 0.354 e. The second kappa shape index (κ2) is 4.42. The third-order valence-corrected chi connectivity index (χ3v) is 5.25. The predicted octanol–water partition coefficient (Wildman–Crippen LogP) is 2.25. The molecule has 4 saturated carbocycles. The third kappa shape index (κ3) is 1.84. The van der Waals surface area contributed by atoms with Crippen LogP contribution in [0.5, 0.6) is 0 Å². The van der Waals surface area contributed by atoms with E-state index in [0.29, 0.717) is 11.5 Å². The van der Waals surface area contributed by atoms with Crippen LogP contribution in [0.1, 0.15) is 32.1 Å². The minimum atomic E-state index is -0.230. The first-order valence-electron chi connectivity index (χ1n) is 7.05. The first-order chi connectivity index (χ1) is 8.71. The lowest BCUT2D eigenvalue weighted by molar-refractivity contribution is -0.116. The van der Waals surface area contributed by atoms with Gasteiger partial charge in [0.15, 0.2) is 0 Å². The van der Waals surface area contributed by atoms with Gasteiger partial charge in [0.2, 0.25) is 0 Å². The van der Waals surface area contributed by atoms with E-state index in [2.05, 4.69) is 11.4 Å². The summed E-state index contributed by atoms with van der Waals surface area (Å²) in [6, 6.07) is 2.06. The van der Waals surface area contributed by atoms with Gasteiger partial charge < -0.3 is 5.32 Å². The van der Waals surface area contributed by atoms with E-state index in [1.807, 2.05) is 6.08 Å². The van der Waals surface area contributed by atoms with Crippen molar-refractivity contribution < 1.29 is 4.79 Å². The molecular weight excluding hydrogens is 224 g/mol. The number of hydrogen-bond donors (Lipinski definition) is 1. The summed E-state index contributed by atoms with van der Waals surface area (Å²) in [5.41, 5.74) is 0.315. The number of carbonyl (C=O) groups excluding carboxylic acids is 1. The van der Waals surface area contributed by atoms with E-state index < -0.39 is 0 Å². The number of hydrogen-bond acceptors (Lipinski definition) is 2. The van der Waals surface area contributed by atoms with E-state index >= 15 is 0 Å². The van der Waals surface area contributed by atoms with Gasteiger partial charge in [-0.25, -0.2) is 0 Å². The molecule has 96 valence electrons. The summed E-state index contributed by atoms with van der Waals surface area (Å²) in [7, 11) is 1.59. The number of nitrogens with one attached hydrogen (secondary N) is 1. The molecule has 1 amide bonds. The summed E-state index contributed by atoms with van der Waals surface area (Å²) >= 11 is 0. The second-order valence-corrected chi connectivity index (χ2v) is 6.28. The highest BCUT2D eigenvalue weighted by Gasteiger charge is 2.47. The molecule has 0 aromatic rings. The molecule has 3 nitrogen and oxygen atoms in total. The van der Waals surface area contributed by atoms with Gasteiger partial charge in [0.25, 0.3) is 5.91 Å². The Morgan fingerprint density at radius 3 is 2.17 bits per heavy atom. The summed E-state index contributed by atoms with van der Waals surface area (Å²) in [5, 5.41) is 11.7. The summed E-state index contributed by atoms with van der Waals surface area (Å²) < 4.78 is 0. The van der Waals surface area contributed by atoms with Crippen molar-refractivity contribution in [2.24, 2.45) is 29.6 Å². The maximum Gasteiger partial charge on any atom is 0.261 e. The van der Waals surface area contributed by atoms with Crippen LogP contribution in [-0.2, 0) is 4.79 Å². The monoisotopic (exact) mass is 244 g/mol. The van der Waals surface area contributed by atoms with E-state index in [-0.39, 0.29) is 5.91 Å². The standard InChI is InChI=1S/C15H20N2O/c1-17-15(18)13(8-16)7-14-11-3-9-2-10(5-11)6-12(14)4-9/h7,9-12,14H,2-6H2,1H3,(H,17,18)/b13-7+. The molecular formula is C15H20N2O. The van der Waals surface area contributed by atoms with Crippen LogP contribution in [0.2, 0.25) is 0 Å². The number of nitriles is 1. The highest BCUT2D eigenvalue weighted by Crippen LogP contribution is 2.57. The van der Waals surface area contributed by atoms with Gasteiger partial charge >= 0.3 is 0 Å². The lowest BCUT2D eigenvalue weighted by atomic mass is 9.52. The molecule has 0 atom stereocenters. The van der Waals surface area contributed by atoms with E-state index in [0.717, 1.165) is 23.7 Å². The minimum Gasteiger partial charge on any atom is -0.354 e. The lowest BCUT2D eigenvalue weighted by Gasteiger charge is -2.53. The van der Waals surface area contributed by atoms with Gasteiger partial charge in [-0.15, -0.1) is 0 Å². The molecule has 1 N–H and O–H groups in total. The predicted molar refractivity (Wildman–Crippen MR) is 68.3 cm³/mol. The number of carbonyl (C=O) groups is 1. The SMILES string of the molecule is CNC(=O)/C(C#N)=C/C1C2CC3CC(C2)CC1C3. The zero-order chi connectivity index (χ0) is 12.7. The van der Waals surface area contributed by atoms with Crippen molar-refractivity contribution >= 4 is 5.91 Å². The molecule has 4 rings (SSSR count). The molecule has 4 fully saturated rings. The van der Waals surface area contributed by atoms with Crippen LogP contribution < -0.4 is 5.32 Å². The minimum absolute atomic E-state index is 0.230. The Morgan fingerprint density at radius 2 is 1.72 bits per heavy atom. The maximum atomic E-state index is 11.6. The van der Waals surface area contributed by atoms with Crippen molar-refractivity contribution in [3.8, 4) is 6.07 Å². The van der Waals surface area contributed by atoms with Crippen LogP contribution in [0.3, 0.4) is 0 Å². The van der Waals surface area contributed by atoms with Crippen molar-refractivity contribution in [3.63, 3.8) is 0 Å². The van der Waals surface area contributed by atoms with Crippen molar-refractivity contribution in [3.05, 3.63) is 11.6 Å². The fourth-order valence-electron chi connectivity index (χ4n) is 4.73. The van der Waals surface area contributed by atoms with E-state index in [9.17, 15) is 4.79 Å². The second-order valence-electron chi connectivity index (χ2n) is 6.28. The highest BCUT2D eigenvalue weighted by molar-refractivity contribution is 5.97. The molecule has 4 aliphatic rings. The number of rotatable bonds is 2. The quantitative estimate of drug-likeness (QED) is 0.598. The number of amides is 1. The Hall–Kier alpha value is -1.30. The molecule has 0 heterocycles. The molecule has 0 radical (unpaired) electrons. The lowest BCUT2D eigenvalue weighted by Crippen LogP contribution is -2.44. The first kappa shape index (κ1) is 11.8. The fourth-order valence-corrected chi connectivity index (χ4v) is 4.73. The Kier molecular flexibility index (Phi) is 2.89. The number of allylic oxidation sites excluding steroid dienone is 1. The van der Waals surface area contributed by atoms with Crippen molar-refractivity contribution in [2.45, 2.75) is 32.1 Å². The van der Waals surface area contributed by atoms with Crippen LogP contribution >= 0.6 is 0 Å². The molecule has 18 heavy (non-hydrogen) atoms. The maximum absolute atomic E-state index is 11.6. The third-order valence-electron chi connectivity index (χ3n) is 5.25. The zero-order valence-corrected chi connectivity index (χ0v) is 10.9. The summed E-state index contributed by atoms with van der Waals surface area (Å²) in [4.78, 5) is 11.6. The van der Waals surface area contributed by atoms with Gasteiger partial charge in [-0.3, -0.25) is 4.79 Å². The zero-order valence-electron chi connectivity index (χ0n) is 10.9. The topological polar surface area (TPSA) is 52.9 Å². The smallest absolute Gasteiger partial charge is 0.261 e. The van der Waals surface area contributed by atoms with Gasteiger partial charge in [0.05, 0.1) is 0 Å². The van der Waals surface area contributed by atoms with Gasteiger partial charge in [-0.05, 0) is 61.7 Å². The van der Waals surface area contributed by atoms with Crippen LogP contribution in [0.4, 0.5) is 0 Å². The Morgan fingerprint density at radius 1 is 1.17 bits per heavy atom. The molecule has 0 aromatic carbocycles.